The lowest BCUT2D eigenvalue weighted by Crippen LogP contribution is -2.18. The van der Waals surface area contributed by atoms with E-state index in [-0.39, 0.29) is 12.4 Å². The number of nitrogens with one attached hydrogen (secondary N) is 2. The van der Waals surface area contributed by atoms with Crippen molar-refractivity contribution in [3.63, 3.8) is 0 Å². The van der Waals surface area contributed by atoms with Gasteiger partial charge in [-0.25, -0.2) is 9.18 Å². The molecule has 0 saturated carbocycles. The van der Waals surface area contributed by atoms with Crippen LogP contribution in [0.2, 0.25) is 0 Å². The van der Waals surface area contributed by atoms with Gasteiger partial charge in [-0.1, -0.05) is 36.4 Å². The number of ether oxygens (including phenoxy) is 1. The van der Waals surface area contributed by atoms with Crippen LogP contribution in [0.25, 0.3) is 11.1 Å². The van der Waals surface area contributed by atoms with Crippen molar-refractivity contribution in [1.82, 2.24) is 10.4 Å². The lowest BCUT2D eigenvalue weighted by atomic mass is 10.1. The number of nitrogens with two attached hydrogens (primary N) is 1. The fourth-order valence-corrected chi connectivity index (χ4v) is 2.59. The fraction of sp³-hybridized carbons (Fsp3) is 0.0952. The minimum Gasteiger partial charge on any atom is -0.444 e. The summed E-state index contributed by atoms with van der Waals surface area (Å²) in [5.41, 5.74) is 10.9. The van der Waals surface area contributed by atoms with Gasteiger partial charge in [0.05, 0.1) is 0 Å². The molecule has 148 valence electrons. The summed E-state index contributed by atoms with van der Waals surface area (Å²) in [6.07, 6.45) is 0.846. The van der Waals surface area contributed by atoms with Crippen LogP contribution in [-0.4, -0.2) is 24.0 Å². The quantitative estimate of drug-likeness (QED) is 0.338. The number of carbonyl (C=O) groups excluding carboxylic acids is 1. The van der Waals surface area contributed by atoms with Gasteiger partial charge < -0.3 is 15.9 Å². The first-order valence-electron chi connectivity index (χ1n) is 8.81. The topological polar surface area (TPSA) is 102 Å². The predicted molar refractivity (Wildman–Crippen MR) is 110 cm³/mol. The highest BCUT2D eigenvalue weighted by molar-refractivity contribution is 5.95. The van der Waals surface area contributed by atoms with Gasteiger partial charge in [0.15, 0.2) is 5.84 Å². The highest BCUT2D eigenvalue weighted by Gasteiger charge is 2.10. The van der Waals surface area contributed by atoms with Crippen LogP contribution in [0.15, 0.2) is 72.0 Å². The summed E-state index contributed by atoms with van der Waals surface area (Å²) >= 11 is 0. The summed E-state index contributed by atoms with van der Waals surface area (Å²) in [5, 5.41) is 6.36. The molecule has 7 nitrogen and oxygen atoms in total. The molecule has 3 aromatic rings. The highest BCUT2D eigenvalue weighted by Crippen LogP contribution is 2.25. The van der Waals surface area contributed by atoms with E-state index in [4.69, 9.17) is 10.5 Å². The van der Waals surface area contributed by atoms with Crippen molar-refractivity contribution >= 4 is 17.6 Å². The number of hydrogen-bond donors (Lipinski definition) is 3. The Kier molecular flexibility index (Phi) is 6.36. The number of benzene rings is 2. The second-order valence-corrected chi connectivity index (χ2v) is 6.03. The van der Waals surface area contributed by atoms with Crippen molar-refractivity contribution in [3.05, 3.63) is 83.9 Å². The van der Waals surface area contributed by atoms with E-state index in [9.17, 15) is 9.18 Å². The molecule has 0 unspecified atom stereocenters. The summed E-state index contributed by atoms with van der Waals surface area (Å²) in [6, 6.07) is 17.0. The third-order valence-electron chi connectivity index (χ3n) is 4.00. The second kappa shape index (κ2) is 9.32. The molecule has 1 aromatic heterocycles. The van der Waals surface area contributed by atoms with Crippen molar-refractivity contribution < 1.29 is 13.9 Å². The van der Waals surface area contributed by atoms with Crippen LogP contribution in [0.5, 0.6) is 0 Å². The first-order chi connectivity index (χ1) is 14.1. The van der Waals surface area contributed by atoms with Crippen molar-refractivity contribution in [1.29, 1.82) is 0 Å². The molecule has 1 heterocycles. The van der Waals surface area contributed by atoms with Gasteiger partial charge in [-0.15, -0.1) is 0 Å². The second-order valence-electron chi connectivity index (χ2n) is 6.03. The van der Waals surface area contributed by atoms with Crippen LogP contribution in [0, 0.1) is 5.82 Å². The zero-order chi connectivity index (χ0) is 20.6. The van der Waals surface area contributed by atoms with Gasteiger partial charge in [0, 0.05) is 30.1 Å². The van der Waals surface area contributed by atoms with Gasteiger partial charge in [0.2, 0.25) is 0 Å². The Morgan fingerprint density at radius 2 is 1.97 bits per heavy atom. The van der Waals surface area contributed by atoms with Crippen molar-refractivity contribution in [2.45, 2.75) is 6.61 Å². The molecule has 0 aliphatic rings. The molecule has 8 heteroatoms. The maximum absolute atomic E-state index is 14.5. The molecular weight excluding hydrogens is 373 g/mol. The number of halogens is 1. The smallest absolute Gasteiger partial charge is 0.411 e. The number of carbonyl (C=O) groups is 1. The number of anilines is 1. The molecule has 0 aliphatic heterocycles. The fourth-order valence-electron chi connectivity index (χ4n) is 2.59. The predicted octanol–water partition coefficient (Wildman–Crippen LogP) is 3.48. The minimum atomic E-state index is -0.661. The third kappa shape index (κ3) is 5.29. The van der Waals surface area contributed by atoms with Crippen LogP contribution < -0.4 is 16.5 Å². The number of pyridine rings is 1. The van der Waals surface area contributed by atoms with E-state index in [1.165, 1.54) is 12.3 Å². The lowest BCUT2D eigenvalue weighted by Gasteiger charge is -2.09. The normalized spacial score (nSPS) is 11.0. The van der Waals surface area contributed by atoms with E-state index in [2.05, 4.69) is 20.8 Å². The van der Waals surface area contributed by atoms with E-state index < -0.39 is 11.9 Å². The number of nitrogens with zero attached hydrogens (tertiary/aromatic N) is 2. The molecule has 0 bridgehead atoms. The number of hydrazone groups is 1. The largest absolute Gasteiger partial charge is 0.444 e. The Labute approximate surface area is 167 Å². The summed E-state index contributed by atoms with van der Waals surface area (Å²) < 4.78 is 19.7. The molecule has 0 spiro atoms. The maximum atomic E-state index is 14.5. The summed E-state index contributed by atoms with van der Waals surface area (Å²) in [5.74, 6) is -0.273. The van der Waals surface area contributed by atoms with Gasteiger partial charge in [0.25, 0.3) is 0 Å². The van der Waals surface area contributed by atoms with E-state index >= 15 is 0 Å². The minimum absolute atomic E-state index is 0.130. The molecule has 4 N–H and O–H groups in total. The van der Waals surface area contributed by atoms with Crippen molar-refractivity contribution in [2.24, 2.45) is 10.8 Å². The molecule has 2 aromatic carbocycles. The van der Waals surface area contributed by atoms with Gasteiger partial charge in [-0.05, 0) is 29.8 Å². The molecular formula is C21H20FN5O2. The molecule has 1 amide bonds. The lowest BCUT2D eigenvalue weighted by molar-refractivity contribution is 0.155. The molecule has 3 rings (SSSR count). The summed E-state index contributed by atoms with van der Waals surface area (Å²) in [7, 11) is 1.63. The Bertz CT molecular complexity index is 1010. The molecule has 0 aliphatic carbocycles. The van der Waals surface area contributed by atoms with Gasteiger partial charge >= 0.3 is 6.09 Å². The first kappa shape index (κ1) is 19.8. The molecule has 0 radical (unpaired) electrons. The van der Waals surface area contributed by atoms with Crippen LogP contribution in [-0.2, 0) is 11.3 Å². The molecule has 29 heavy (non-hydrogen) atoms. The van der Waals surface area contributed by atoms with Crippen molar-refractivity contribution in [3.8, 4) is 11.1 Å². The number of hydrogen-bond acceptors (Lipinski definition) is 5. The molecule has 0 fully saturated rings. The van der Waals surface area contributed by atoms with Gasteiger partial charge in [-0.3, -0.25) is 10.3 Å². The average molecular weight is 393 g/mol. The number of aromatic nitrogens is 1. The monoisotopic (exact) mass is 393 g/mol. The van der Waals surface area contributed by atoms with E-state index in [1.807, 2.05) is 30.3 Å². The molecule has 0 atom stereocenters. The zero-order valence-electron chi connectivity index (χ0n) is 15.7. The highest BCUT2D eigenvalue weighted by atomic mass is 19.1. The Morgan fingerprint density at radius 1 is 1.17 bits per heavy atom. The summed E-state index contributed by atoms with van der Waals surface area (Å²) in [4.78, 5) is 16.1. The van der Waals surface area contributed by atoms with E-state index in [0.29, 0.717) is 22.5 Å². The Hall–Kier alpha value is -3.94. The van der Waals surface area contributed by atoms with Crippen molar-refractivity contribution in [2.75, 3.05) is 12.4 Å². The SMILES string of the molecule is CN/N=C(\N)c1ccc(-c2ccc(NC(=O)OCc3ccccc3)cc2F)cn1. The van der Waals surface area contributed by atoms with Gasteiger partial charge in [0.1, 0.15) is 18.1 Å². The van der Waals surface area contributed by atoms with E-state index in [0.717, 1.165) is 5.56 Å². The standard InChI is InChI=1S/C21H20FN5O2/c1-24-27-20(23)19-10-7-15(12-25-19)17-9-8-16(11-18(17)22)26-21(28)29-13-14-5-3-2-4-6-14/h2-12,24H,13H2,1H3,(H2,23,27)(H,26,28). The Morgan fingerprint density at radius 3 is 2.62 bits per heavy atom. The third-order valence-corrected chi connectivity index (χ3v) is 4.00. The number of amides is 1. The van der Waals surface area contributed by atoms with Crippen LogP contribution in [0.1, 0.15) is 11.3 Å². The molecule has 0 saturated heterocycles. The summed E-state index contributed by atoms with van der Waals surface area (Å²) in [6.45, 7) is 0.130. The first-order valence-corrected chi connectivity index (χ1v) is 8.81. The Balaban J connectivity index is 1.65. The maximum Gasteiger partial charge on any atom is 0.411 e. The number of rotatable bonds is 6. The van der Waals surface area contributed by atoms with Crippen LogP contribution in [0.3, 0.4) is 0 Å². The zero-order valence-corrected chi connectivity index (χ0v) is 15.7. The van der Waals surface area contributed by atoms with E-state index in [1.54, 1.807) is 31.3 Å². The van der Waals surface area contributed by atoms with Gasteiger partial charge in [-0.2, -0.15) is 5.10 Å². The average Bonchev–Trinajstić information content (AvgIpc) is 2.73. The van der Waals surface area contributed by atoms with Crippen LogP contribution >= 0.6 is 0 Å². The van der Waals surface area contributed by atoms with Crippen LogP contribution in [0.4, 0.5) is 14.9 Å². The number of amidine groups is 1.